The van der Waals surface area contributed by atoms with Crippen LogP contribution >= 0.6 is 15.9 Å². The van der Waals surface area contributed by atoms with E-state index in [9.17, 15) is 4.79 Å². The van der Waals surface area contributed by atoms with Gasteiger partial charge in [0.1, 0.15) is 12.1 Å². The molecule has 0 aliphatic carbocycles. The van der Waals surface area contributed by atoms with Crippen molar-refractivity contribution in [3.63, 3.8) is 0 Å². The molecule has 0 saturated carbocycles. The lowest BCUT2D eigenvalue weighted by Gasteiger charge is -2.10. The molecule has 1 aromatic heterocycles. The molecule has 2 aromatic carbocycles. The van der Waals surface area contributed by atoms with Crippen molar-refractivity contribution in [2.24, 2.45) is 0 Å². The minimum Gasteiger partial charge on any atom is -0.340 e. The summed E-state index contributed by atoms with van der Waals surface area (Å²) in [5.74, 6) is 0.493. The van der Waals surface area contributed by atoms with Crippen LogP contribution in [0.3, 0.4) is 0 Å². The molecule has 3 rings (SSSR count). The Labute approximate surface area is 159 Å². The zero-order chi connectivity index (χ0) is 18.4. The molecule has 0 bridgehead atoms. The highest BCUT2D eigenvalue weighted by Crippen LogP contribution is 2.26. The van der Waals surface area contributed by atoms with Crippen LogP contribution in [0.15, 0.2) is 65.4 Å². The monoisotopic (exact) mass is 411 g/mol. The van der Waals surface area contributed by atoms with Gasteiger partial charge in [-0.3, -0.25) is 4.79 Å². The molecule has 0 atom stereocenters. The van der Waals surface area contributed by atoms with Crippen molar-refractivity contribution in [2.75, 3.05) is 24.2 Å². The topological polar surface area (TPSA) is 78.9 Å². The summed E-state index contributed by atoms with van der Waals surface area (Å²) in [6.45, 7) is 0.639. The molecular weight excluding hydrogens is 394 g/mol. The molecule has 0 radical (unpaired) electrons. The highest BCUT2D eigenvalue weighted by molar-refractivity contribution is 9.10. The molecule has 132 valence electrons. The molecular formula is C19H18BrN5O. The van der Waals surface area contributed by atoms with Gasteiger partial charge < -0.3 is 16.0 Å². The molecule has 0 fully saturated rings. The van der Waals surface area contributed by atoms with Crippen molar-refractivity contribution in [1.82, 2.24) is 15.3 Å². The van der Waals surface area contributed by atoms with Crippen molar-refractivity contribution in [2.45, 2.75) is 0 Å². The van der Waals surface area contributed by atoms with Gasteiger partial charge in [0.2, 0.25) is 5.91 Å². The Morgan fingerprint density at radius 1 is 1.15 bits per heavy atom. The van der Waals surface area contributed by atoms with Crippen LogP contribution in [-0.4, -0.2) is 29.5 Å². The Kier molecular flexibility index (Phi) is 5.93. The van der Waals surface area contributed by atoms with Gasteiger partial charge in [0.15, 0.2) is 0 Å². The standard InChI is InChI=1S/C19H18BrN5O/c1-21-9-3-6-18(26)24-15-7-8-17-16(11-15)19(23-12-22-17)25-14-5-2-4-13(20)10-14/h2-8,10-12,21H,9H2,1H3,(H,24,26)(H,22,23,25). The Hall–Kier alpha value is -2.77. The second-order valence-corrected chi connectivity index (χ2v) is 6.45. The Morgan fingerprint density at radius 2 is 2.04 bits per heavy atom. The zero-order valence-electron chi connectivity index (χ0n) is 14.2. The first-order valence-electron chi connectivity index (χ1n) is 8.05. The van der Waals surface area contributed by atoms with Gasteiger partial charge in [-0.05, 0) is 43.4 Å². The summed E-state index contributed by atoms with van der Waals surface area (Å²) in [6, 6.07) is 13.4. The summed E-state index contributed by atoms with van der Waals surface area (Å²) in [6.07, 6.45) is 4.78. The van der Waals surface area contributed by atoms with Crippen molar-refractivity contribution in [3.05, 3.63) is 65.4 Å². The molecule has 1 amide bonds. The van der Waals surface area contributed by atoms with E-state index >= 15 is 0 Å². The fourth-order valence-electron chi connectivity index (χ4n) is 2.40. The Morgan fingerprint density at radius 3 is 2.85 bits per heavy atom. The lowest BCUT2D eigenvalue weighted by Crippen LogP contribution is -2.10. The summed E-state index contributed by atoms with van der Waals surface area (Å²) in [7, 11) is 1.82. The number of carbonyl (C=O) groups excluding carboxylic acids is 1. The van der Waals surface area contributed by atoms with E-state index in [-0.39, 0.29) is 5.91 Å². The first-order valence-corrected chi connectivity index (χ1v) is 8.84. The van der Waals surface area contributed by atoms with Crippen LogP contribution in [0.1, 0.15) is 0 Å². The van der Waals surface area contributed by atoms with Crippen LogP contribution in [-0.2, 0) is 4.79 Å². The van der Waals surface area contributed by atoms with Crippen LogP contribution in [0.2, 0.25) is 0 Å². The van der Waals surface area contributed by atoms with Crippen LogP contribution < -0.4 is 16.0 Å². The number of halogens is 1. The third-order valence-electron chi connectivity index (χ3n) is 3.58. The van der Waals surface area contributed by atoms with Gasteiger partial charge in [-0.15, -0.1) is 0 Å². The summed E-state index contributed by atoms with van der Waals surface area (Å²) >= 11 is 3.46. The number of likely N-dealkylation sites (N-methyl/N-ethyl adjacent to an activating group) is 1. The third-order valence-corrected chi connectivity index (χ3v) is 4.07. The number of fused-ring (bicyclic) bond motifs is 1. The van der Waals surface area contributed by atoms with E-state index in [2.05, 4.69) is 41.8 Å². The Balaban J connectivity index is 1.87. The molecule has 0 spiro atoms. The van der Waals surface area contributed by atoms with Crippen molar-refractivity contribution in [1.29, 1.82) is 0 Å². The number of nitrogens with one attached hydrogen (secondary N) is 3. The molecule has 1 heterocycles. The second kappa shape index (κ2) is 8.55. The predicted octanol–water partition coefficient (Wildman–Crippen LogP) is 3.85. The number of aromatic nitrogens is 2. The first-order chi connectivity index (χ1) is 12.7. The van der Waals surface area contributed by atoms with Crippen LogP contribution in [0.25, 0.3) is 10.9 Å². The van der Waals surface area contributed by atoms with Gasteiger partial charge in [0.25, 0.3) is 0 Å². The molecule has 6 nitrogen and oxygen atoms in total. The quantitative estimate of drug-likeness (QED) is 0.536. The second-order valence-electron chi connectivity index (χ2n) is 5.54. The van der Waals surface area contributed by atoms with E-state index in [0.29, 0.717) is 18.1 Å². The average Bonchev–Trinajstić information content (AvgIpc) is 2.62. The number of benzene rings is 2. The lowest BCUT2D eigenvalue weighted by molar-refractivity contribution is -0.111. The molecule has 0 unspecified atom stereocenters. The number of nitrogens with zero attached hydrogens (tertiary/aromatic N) is 2. The van der Waals surface area contributed by atoms with Crippen molar-refractivity contribution in [3.8, 4) is 0 Å². The summed E-state index contributed by atoms with van der Waals surface area (Å²) in [5, 5.41) is 9.92. The van der Waals surface area contributed by atoms with Gasteiger partial charge in [-0.25, -0.2) is 9.97 Å². The molecule has 0 saturated heterocycles. The lowest BCUT2D eigenvalue weighted by atomic mass is 10.2. The van der Waals surface area contributed by atoms with E-state index < -0.39 is 0 Å². The third kappa shape index (κ3) is 4.65. The van der Waals surface area contributed by atoms with Crippen LogP contribution in [0.4, 0.5) is 17.2 Å². The summed E-state index contributed by atoms with van der Waals surface area (Å²) in [4.78, 5) is 20.6. The Bertz CT molecular complexity index is 958. The van der Waals surface area contributed by atoms with Crippen LogP contribution in [0.5, 0.6) is 0 Å². The SMILES string of the molecule is CNCC=CC(=O)Nc1ccc2ncnc(Nc3cccc(Br)c3)c2c1. The largest absolute Gasteiger partial charge is 0.340 e. The smallest absolute Gasteiger partial charge is 0.248 e. The molecule has 7 heteroatoms. The first kappa shape index (κ1) is 18.0. The highest BCUT2D eigenvalue weighted by Gasteiger charge is 2.07. The molecule has 0 aliphatic rings. The van der Waals surface area contributed by atoms with Gasteiger partial charge >= 0.3 is 0 Å². The number of amides is 1. The molecule has 0 aliphatic heterocycles. The van der Waals surface area contributed by atoms with Crippen molar-refractivity contribution >= 4 is 49.9 Å². The fourth-order valence-corrected chi connectivity index (χ4v) is 2.80. The molecule has 3 aromatic rings. The highest BCUT2D eigenvalue weighted by atomic mass is 79.9. The van der Waals surface area contributed by atoms with E-state index in [4.69, 9.17) is 0 Å². The average molecular weight is 412 g/mol. The van der Waals surface area contributed by atoms with Crippen molar-refractivity contribution < 1.29 is 4.79 Å². The predicted molar refractivity (Wildman–Crippen MR) is 109 cm³/mol. The minimum atomic E-state index is -0.182. The molecule has 26 heavy (non-hydrogen) atoms. The summed E-state index contributed by atoms with van der Waals surface area (Å²) in [5.41, 5.74) is 2.38. The minimum absolute atomic E-state index is 0.182. The maximum Gasteiger partial charge on any atom is 0.248 e. The summed E-state index contributed by atoms with van der Waals surface area (Å²) < 4.78 is 0.974. The number of carbonyl (C=O) groups is 1. The van der Waals surface area contributed by atoms with E-state index in [1.54, 1.807) is 6.08 Å². The van der Waals surface area contributed by atoms with E-state index in [1.165, 1.54) is 12.4 Å². The van der Waals surface area contributed by atoms with E-state index in [0.717, 1.165) is 21.1 Å². The fraction of sp³-hybridized carbons (Fsp3) is 0.105. The number of hydrogen-bond acceptors (Lipinski definition) is 5. The zero-order valence-corrected chi connectivity index (χ0v) is 15.7. The van der Waals surface area contributed by atoms with Gasteiger partial charge in [0.05, 0.1) is 5.52 Å². The van der Waals surface area contributed by atoms with Crippen LogP contribution in [0, 0.1) is 0 Å². The molecule has 3 N–H and O–H groups in total. The normalized spacial score (nSPS) is 11.0. The van der Waals surface area contributed by atoms with Gasteiger partial charge in [-0.1, -0.05) is 28.1 Å². The van der Waals surface area contributed by atoms with E-state index in [1.807, 2.05) is 49.5 Å². The maximum atomic E-state index is 12.0. The number of anilines is 3. The van der Waals surface area contributed by atoms with Gasteiger partial charge in [0, 0.05) is 33.9 Å². The van der Waals surface area contributed by atoms with Gasteiger partial charge in [-0.2, -0.15) is 0 Å². The number of rotatable bonds is 6. The maximum absolute atomic E-state index is 12.0. The number of hydrogen-bond donors (Lipinski definition) is 3.